The summed E-state index contributed by atoms with van der Waals surface area (Å²) >= 11 is 5.17. The van der Waals surface area contributed by atoms with Crippen LogP contribution in [0.1, 0.15) is 4.88 Å². The van der Waals surface area contributed by atoms with Crippen molar-refractivity contribution in [2.45, 2.75) is 6.61 Å². The lowest BCUT2D eigenvalue weighted by Gasteiger charge is -2.15. The number of hydrogen-bond donors (Lipinski definition) is 0. The van der Waals surface area contributed by atoms with Gasteiger partial charge in [0.15, 0.2) is 0 Å². The molecule has 0 unspecified atom stereocenters. The second-order valence-corrected chi connectivity index (χ2v) is 6.58. The summed E-state index contributed by atoms with van der Waals surface area (Å²) in [7, 11) is 0. The molecule has 0 spiro atoms. The molecule has 3 aromatic rings. The molecule has 2 heterocycles. The molecule has 0 N–H and O–H groups in total. The van der Waals surface area contributed by atoms with Crippen LogP contribution in [0.15, 0.2) is 53.0 Å². The number of para-hydroxylation sites is 1. The van der Waals surface area contributed by atoms with E-state index in [0.29, 0.717) is 6.61 Å². The fraction of sp³-hybridized carbons (Fsp3) is 0.0625. The van der Waals surface area contributed by atoms with Gasteiger partial charge in [-0.1, -0.05) is 40.2 Å². The van der Waals surface area contributed by atoms with Crippen molar-refractivity contribution < 1.29 is 4.74 Å². The number of fused-ring (bicyclic) bond motifs is 3. The summed E-state index contributed by atoms with van der Waals surface area (Å²) in [5.41, 5.74) is 3.30. The zero-order valence-electron chi connectivity index (χ0n) is 10.5. The largest absolute Gasteiger partial charge is 0.487 e. The Morgan fingerprint density at radius 3 is 2.70 bits per heavy atom. The van der Waals surface area contributed by atoms with E-state index in [0.717, 1.165) is 32.1 Å². The fourth-order valence-electron chi connectivity index (χ4n) is 2.31. The minimum Gasteiger partial charge on any atom is -0.487 e. The van der Waals surface area contributed by atoms with Crippen LogP contribution in [0, 0.1) is 0 Å². The van der Waals surface area contributed by atoms with E-state index in [9.17, 15) is 0 Å². The van der Waals surface area contributed by atoms with E-state index in [4.69, 9.17) is 9.72 Å². The Morgan fingerprint density at radius 2 is 1.85 bits per heavy atom. The molecule has 4 rings (SSSR count). The predicted molar refractivity (Wildman–Crippen MR) is 85.0 cm³/mol. The van der Waals surface area contributed by atoms with E-state index in [1.54, 1.807) is 11.3 Å². The number of rotatable bonds is 1. The molecule has 98 valence electrons. The zero-order valence-corrected chi connectivity index (χ0v) is 12.9. The summed E-state index contributed by atoms with van der Waals surface area (Å²) in [5.74, 6) is 0.924. The summed E-state index contributed by atoms with van der Waals surface area (Å²) < 4.78 is 6.86. The van der Waals surface area contributed by atoms with Gasteiger partial charge >= 0.3 is 0 Å². The summed E-state index contributed by atoms with van der Waals surface area (Å²) in [6.07, 6.45) is 0. The van der Waals surface area contributed by atoms with Gasteiger partial charge in [0.25, 0.3) is 0 Å². The lowest BCUT2D eigenvalue weighted by atomic mass is 10.1. The third-order valence-corrected chi connectivity index (χ3v) is 4.90. The lowest BCUT2D eigenvalue weighted by molar-refractivity contribution is 0.305. The van der Waals surface area contributed by atoms with Crippen LogP contribution < -0.4 is 4.74 Å². The lowest BCUT2D eigenvalue weighted by Crippen LogP contribution is -2.02. The first kappa shape index (κ1) is 12.1. The van der Waals surface area contributed by atoms with Gasteiger partial charge in [-0.25, -0.2) is 4.98 Å². The van der Waals surface area contributed by atoms with E-state index in [1.807, 2.05) is 30.3 Å². The minimum atomic E-state index is 0.612. The van der Waals surface area contributed by atoms with Crippen molar-refractivity contribution in [3.8, 4) is 27.6 Å². The van der Waals surface area contributed by atoms with Crippen LogP contribution in [0.4, 0.5) is 0 Å². The van der Waals surface area contributed by atoms with Crippen LogP contribution in [0.2, 0.25) is 0 Å². The van der Waals surface area contributed by atoms with Crippen molar-refractivity contribution in [2.24, 2.45) is 0 Å². The molecule has 0 saturated carbocycles. The van der Waals surface area contributed by atoms with Crippen molar-refractivity contribution in [1.29, 1.82) is 0 Å². The second-order valence-electron chi connectivity index (χ2n) is 4.58. The molecule has 0 fully saturated rings. The van der Waals surface area contributed by atoms with Gasteiger partial charge < -0.3 is 4.74 Å². The van der Waals surface area contributed by atoms with Gasteiger partial charge in [-0.15, -0.1) is 11.3 Å². The number of hydrogen-bond acceptors (Lipinski definition) is 3. The molecule has 0 radical (unpaired) electrons. The zero-order chi connectivity index (χ0) is 13.5. The Kier molecular flexibility index (Phi) is 2.86. The highest BCUT2D eigenvalue weighted by Crippen LogP contribution is 2.41. The summed E-state index contributed by atoms with van der Waals surface area (Å²) in [6.45, 7) is 0.612. The quantitative estimate of drug-likeness (QED) is 0.610. The van der Waals surface area contributed by atoms with Crippen molar-refractivity contribution >= 4 is 27.3 Å². The average Bonchev–Trinajstić information content (AvgIpc) is 2.92. The van der Waals surface area contributed by atoms with E-state index < -0.39 is 0 Å². The van der Waals surface area contributed by atoms with Crippen LogP contribution in [0.3, 0.4) is 0 Å². The van der Waals surface area contributed by atoms with Crippen molar-refractivity contribution in [1.82, 2.24) is 4.98 Å². The predicted octanol–water partition coefficient (Wildman–Crippen LogP) is 5.13. The van der Waals surface area contributed by atoms with Crippen molar-refractivity contribution in [2.75, 3.05) is 0 Å². The first-order valence-corrected chi connectivity index (χ1v) is 7.90. The normalized spacial score (nSPS) is 12.4. The van der Waals surface area contributed by atoms with E-state index in [1.165, 1.54) is 4.88 Å². The Morgan fingerprint density at radius 1 is 1.05 bits per heavy atom. The Hall–Kier alpha value is -1.65. The maximum Gasteiger partial charge on any atom is 0.129 e. The molecule has 1 aromatic heterocycles. The van der Waals surface area contributed by atoms with E-state index in [2.05, 4.69) is 34.1 Å². The third-order valence-electron chi connectivity index (χ3n) is 3.29. The Labute approximate surface area is 129 Å². The van der Waals surface area contributed by atoms with Crippen LogP contribution >= 0.6 is 27.3 Å². The van der Waals surface area contributed by atoms with Gasteiger partial charge in [0.2, 0.25) is 0 Å². The molecule has 1 aliphatic rings. The van der Waals surface area contributed by atoms with Crippen LogP contribution in [0.5, 0.6) is 5.75 Å². The number of ether oxygens (including phenoxy) is 1. The highest BCUT2D eigenvalue weighted by molar-refractivity contribution is 9.10. The van der Waals surface area contributed by atoms with Gasteiger partial charge in [0.05, 0.1) is 10.6 Å². The molecule has 0 aliphatic carbocycles. The van der Waals surface area contributed by atoms with Crippen molar-refractivity contribution in [3.63, 3.8) is 0 Å². The highest BCUT2D eigenvalue weighted by atomic mass is 79.9. The topological polar surface area (TPSA) is 22.1 Å². The summed E-state index contributed by atoms with van der Waals surface area (Å²) in [6, 6.07) is 16.3. The smallest absolute Gasteiger partial charge is 0.129 e. The van der Waals surface area contributed by atoms with Crippen LogP contribution in [-0.2, 0) is 6.61 Å². The molecule has 2 aromatic carbocycles. The monoisotopic (exact) mass is 343 g/mol. The van der Waals surface area contributed by atoms with Gasteiger partial charge in [-0.3, -0.25) is 0 Å². The molecule has 4 heteroatoms. The molecule has 0 amide bonds. The molecular formula is C16H10BrNOS. The molecule has 2 nitrogen and oxygen atoms in total. The Bertz CT molecular complexity index is 779. The number of aromatic nitrogens is 1. The second kappa shape index (κ2) is 4.72. The maximum atomic E-state index is 5.78. The highest BCUT2D eigenvalue weighted by Gasteiger charge is 2.21. The van der Waals surface area contributed by atoms with Crippen LogP contribution in [0.25, 0.3) is 21.8 Å². The number of nitrogens with zero attached hydrogens (tertiary/aromatic N) is 1. The molecule has 0 atom stereocenters. The molecule has 1 aliphatic heterocycles. The number of benzene rings is 2. The number of thiazole rings is 1. The molecule has 0 bridgehead atoms. The molecular weight excluding hydrogens is 334 g/mol. The first-order valence-electron chi connectivity index (χ1n) is 6.29. The molecule has 20 heavy (non-hydrogen) atoms. The first-order chi connectivity index (χ1) is 9.81. The SMILES string of the molecule is Brc1ccc(-c2nc3c(s2)COc2ccccc2-3)cc1. The Balaban J connectivity index is 1.84. The summed E-state index contributed by atoms with van der Waals surface area (Å²) in [5, 5.41) is 1.04. The maximum absolute atomic E-state index is 5.78. The standard InChI is InChI=1S/C16H10BrNOS/c17-11-7-5-10(6-8-11)16-18-15-12-3-1-2-4-13(12)19-9-14(15)20-16/h1-8H,9H2. The third kappa shape index (κ3) is 1.96. The molecule has 0 saturated heterocycles. The fourth-order valence-corrected chi connectivity index (χ4v) is 3.57. The average molecular weight is 344 g/mol. The van der Waals surface area contributed by atoms with Crippen LogP contribution in [-0.4, -0.2) is 4.98 Å². The van der Waals surface area contributed by atoms with Crippen molar-refractivity contribution in [3.05, 3.63) is 57.9 Å². The van der Waals surface area contributed by atoms with Gasteiger partial charge in [0.1, 0.15) is 17.4 Å². The minimum absolute atomic E-state index is 0.612. The van der Waals surface area contributed by atoms with Gasteiger partial charge in [-0.2, -0.15) is 0 Å². The van der Waals surface area contributed by atoms with E-state index in [-0.39, 0.29) is 0 Å². The van der Waals surface area contributed by atoms with Gasteiger partial charge in [0, 0.05) is 15.6 Å². The van der Waals surface area contributed by atoms with E-state index >= 15 is 0 Å². The summed E-state index contributed by atoms with van der Waals surface area (Å²) in [4.78, 5) is 6.01. The van der Waals surface area contributed by atoms with Gasteiger partial charge in [-0.05, 0) is 24.3 Å². The number of halogens is 1.